The van der Waals surface area contributed by atoms with E-state index in [4.69, 9.17) is 4.74 Å². The van der Waals surface area contributed by atoms with Crippen LogP contribution in [0.25, 0.3) is 0 Å². The molecule has 0 spiro atoms. The highest BCUT2D eigenvalue weighted by Gasteiger charge is 2.27. The normalized spacial score (nSPS) is 25.8. The number of ether oxygens (including phenoxy) is 1. The smallest absolute Gasteiger partial charge is 0.0755 e. The van der Waals surface area contributed by atoms with Crippen LogP contribution in [0.3, 0.4) is 0 Å². The summed E-state index contributed by atoms with van der Waals surface area (Å²) < 4.78 is 6.18. The monoisotopic (exact) mass is 274 g/mol. The van der Waals surface area contributed by atoms with Crippen LogP contribution in [0.1, 0.15) is 31.7 Å². The van der Waals surface area contributed by atoms with Gasteiger partial charge in [-0.2, -0.15) is 0 Å². The molecular formula is C17H26N2O. The van der Waals surface area contributed by atoms with Crippen molar-refractivity contribution in [1.82, 2.24) is 5.32 Å². The third kappa shape index (κ3) is 3.15. The minimum atomic E-state index is 0.407. The summed E-state index contributed by atoms with van der Waals surface area (Å²) in [5.41, 5.74) is 2.93. The molecule has 2 atom stereocenters. The minimum Gasteiger partial charge on any atom is -0.372 e. The molecule has 1 aromatic carbocycles. The molecule has 2 aliphatic rings. The molecule has 1 fully saturated rings. The third-order valence-corrected chi connectivity index (χ3v) is 4.45. The van der Waals surface area contributed by atoms with Gasteiger partial charge < -0.3 is 15.0 Å². The fraction of sp³-hybridized carbons (Fsp3) is 0.647. The first-order valence-corrected chi connectivity index (χ1v) is 8.06. The van der Waals surface area contributed by atoms with Crippen molar-refractivity contribution in [2.24, 2.45) is 0 Å². The molecule has 3 rings (SSSR count). The van der Waals surface area contributed by atoms with E-state index in [9.17, 15) is 0 Å². The van der Waals surface area contributed by atoms with Crippen LogP contribution in [0.15, 0.2) is 24.3 Å². The number of anilines is 1. The van der Waals surface area contributed by atoms with E-state index in [2.05, 4.69) is 41.4 Å². The maximum atomic E-state index is 6.18. The molecule has 2 unspecified atom stereocenters. The van der Waals surface area contributed by atoms with Crippen LogP contribution in [0.5, 0.6) is 0 Å². The van der Waals surface area contributed by atoms with Gasteiger partial charge in [-0.3, -0.25) is 0 Å². The minimum absolute atomic E-state index is 0.407. The van der Waals surface area contributed by atoms with Gasteiger partial charge in [0.05, 0.1) is 12.2 Å². The van der Waals surface area contributed by atoms with Crippen molar-refractivity contribution in [3.8, 4) is 0 Å². The van der Waals surface area contributed by atoms with Crippen molar-refractivity contribution >= 4 is 5.69 Å². The summed E-state index contributed by atoms with van der Waals surface area (Å²) in [5.74, 6) is 0. The molecule has 0 aliphatic carbocycles. The van der Waals surface area contributed by atoms with Crippen LogP contribution in [-0.4, -0.2) is 38.4 Å². The van der Waals surface area contributed by atoms with Crippen LogP contribution >= 0.6 is 0 Å². The highest BCUT2D eigenvalue weighted by molar-refractivity contribution is 5.55. The molecule has 0 amide bonds. The van der Waals surface area contributed by atoms with E-state index in [-0.39, 0.29) is 0 Å². The number of nitrogens with one attached hydrogen (secondary N) is 1. The lowest BCUT2D eigenvalue weighted by molar-refractivity contribution is 0.0495. The summed E-state index contributed by atoms with van der Waals surface area (Å²) in [6, 6.07) is 8.84. The Kier molecular flexibility index (Phi) is 4.58. The summed E-state index contributed by atoms with van der Waals surface area (Å²) in [5, 5.41) is 3.39. The second-order valence-corrected chi connectivity index (χ2v) is 5.94. The molecule has 20 heavy (non-hydrogen) atoms. The number of likely N-dealkylation sites (N-methyl/N-ethyl adjacent to an activating group) is 1. The van der Waals surface area contributed by atoms with Gasteiger partial charge in [0.25, 0.3) is 0 Å². The van der Waals surface area contributed by atoms with Gasteiger partial charge in [0.1, 0.15) is 0 Å². The Bertz CT molecular complexity index is 435. The third-order valence-electron chi connectivity index (χ3n) is 4.45. The van der Waals surface area contributed by atoms with Gasteiger partial charge in [0.2, 0.25) is 0 Å². The Morgan fingerprint density at radius 1 is 1.25 bits per heavy atom. The zero-order valence-corrected chi connectivity index (χ0v) is 12.5. The Balaban J connectivity index is 1.57. The Morgan fingerprint density at radius 3 is 3.00 bits per heavy atom. The molecule has 3 nitrogen and oxygen atoms in total. The summed E-state index contributed by atoms with van der Waals surface area (Å²) in [6.07, 6.45) is 5.72. The van der Waals surface area contributed by atoms with E-state index in [0.29, 0.717) is 12.2 Å². The fourth-order valence-corrected chi connectivity index (χ4v) is 3.42. The number of aryl methyl sites for hydroxylation is 1. The number of rotatable bonds is 5. The molecule has 0 bridgehead atoms. The Hall–Kier alpha value is -1.06. The first kappa shape index (κ1) is 13.9. The van der Waals surface area contributed by atoms with Crippen molar-refractivity contribution in [3.05, 3.63) is 29.8 Å². The summed E-state index contributed by atoms with van der Waals surface area (Å²) in [7, 11) is 0. The quantitative estimate of drug-likeness (QED) is 0.893. The molecular weight excluding hydrogens is 248 g/mol. The van der Waals surface area contributed by atoms with Crippen molar-refractivity contribution in [1.29, 1.82) is 0 Å². The van der Waals surface area contributed by atoms with E-state index in [1.165, 1.54) is 43.5 Å². The number of fused-ring (bicyclic) bond motifs is 1. The number of nitrogens with zero attached hydrogens (tertiary/aromatic N) is 1. The molecule has 2 heterocycles. The predicted octanol–water partition coefficient (Wildman–Crippen LogP) is 2.60. The van der Waals surface area contributed by atoms with Crippen molar-refractivity contribution in [2.45, 2.75) is 44.8 Å². The zero-order chi connectivity index (χ0) is 13.8. The summed E-state index contributed by atoms with van der Waals surface area (Å²) >= 11 is 0. The highest BCUT2D eigenvalue weighted by atomic mass is 16.5. The zero-order valence-electron chi connectivity index (χ0n) is 12.5. The molecule has 1 aromatic rings. The van der Waals surface area contributed by atoms with Gasteiger partial charge in [-0.15, -0.1) is 0 Å². The van der Waals surface area contributed by atoms with Gasteiger partial charge >= 0.3 is 0 Å². The summed E-state index contributed by atoms with van der Waals surface area (Å²) in [6.45, 7) is 6.42. The van der Waals surface area contributed by atoms with Crippen molar-refractivity contribution in [3.63, 3.8) is 0 Å². The molecule has 1 saturated heterocycles. The van der Waals surface area contributed by atoms with Crippen LogP contribution in [0.2, 0.25) is 0 Å². The number of para-hydroxylation sites is 1. The number of hydrogen-bond donors (Lipinski definition) is 1. The van der Waals surface area contributed by atoms with E-state index in [1.807, 2.05) is 0 Å². The molecule has 1 N–H and O–H groups in total. The van der Waals surface area contributed by atoms with Crippen molar-refractivity contribution in [2.75, 3.05) is 31.1 Å². The predicted molar refractivity (Wildman–Crippen MR) is 83.4 cm³/mol. The lowest BCUT2D eigenvalue weighted by atomic mass is 10.0. The second kappa shape index (κ2) is 6.59. The topological polar surface area (TPSA) is 24.5 Å². The van der Waals surface area contributed by atoms with Crippen LogP contribution in [0.4, 0.5) is 5.69 Å². The molecule has 110 valence electrons. The second-order valence-electron chi connectivity index (χ2n) is 5.94. The van der Waals surface area contributed by atoms with Crippen LogP contribution < -0.4 is 10.2 Å². The first-order chi connectivity index (χ1) is 9.86. The first-order valence-electron chi connectivity index (χ1n) is 8.06. The van der Waals surface area contributed by atoms with Gasteiger partial charge in [-0.25, -0.2) is 0 Å². The highest BCUT2D eigenvalue weighted by Crippen LogP contribution is 2.29. The molecule has 3 heteroatoms. The van der Waals surface area contributed by atoms with E-state index in [1.54, 1.807) is 0 Å². The maximum absolute atomic E-state index is 6.18. The Labute approximate surface area is 122 Å². The number of benzene rings is 1. The average molecular weight is 274 g/mol. The van der Waals surface area contributed by atoms with Gasteiger partial charge in [-0.1, -0.05) is 25.1 Å². The number of hydrogen-bond acceptors (Lipinski definition) is 3. The maximum Gasteiger partial charge on any atom is 0.0755 e. The van der Waals surface area contributed by atoms with Crippen LogP contribution in [-0.2, 0) is 11.2 Å². The average Bonchev–Trinajstić information content (AvgIpc) is 2.93. The fourth-order valence-electron chi connectivity index (χ4n) is 3.42. The van der Waals surface area contributed by atoms with Crippen molar-refractivity contribution < 1.29 is 4.74 Å². The SMILES string of the molecule is CCNCC1CCC(CN2CCCc3ccccc32)O1. The Morgan fingerprint density at radius 2 is 2.10 bits per heavy atom. The molecule has 2 aliphatic heterocycles. The van der Waals surface area contributed by atoms with Gasteiger partial charge in [-0.05, 0) is 43.9 Å². The summed E-state index contributed by atoms with van der Waals surface area (Å²) in [4.78, 5) is 2.53. The largest absolute Gasteiger partial charge is 0.372 e. The van der Waals surface area contributed by atoms with Gasteiger partial charge in [0, 0.05) is 25.3 Å². The molecule has 0 saturated carbocycles. The lowest BCUT2D eigenvalue weighted by Gasteiger charge is -2.33. The standard InChI is InChI=1S/C17H26N2O/c1-2-18-12-15-9-10-16(20-15)13-19-11-5-7-14-6-3-4-8-17(14)19/h3-4,6,8,15-16,18H,2,5,7,9-13H2,1H3. The molecule has 0 radical (unpaired) electrons. The van der Waals surface area contributed by atoms with E-state index >= 15 is 0 Å². The van der Waals surface area contributed by atoms with E-state index < -0.39 is 0 Å². The van der Waals surface area contributed by atoms with E-state index in [0.717, 1.165) is 19.6 Å². The lowest BCUT2D eigenvalue weighted by Crippen LogP contribution is -2.37. The molecule has 0 aromatic heterocycles. The van der Waals surface area contributed by atoms with Crippen LogP contribution in [0, 0.1) is 0 Å². The van der Waals surface area contributed by atoms with Gasteiger partial charge in [0.15, 0.2) is 0 Å².